The lowest BCUT2D eigenvalue weighted by Gasteiger charge is -2.28. The average Bonchev–Trinajstić information content (AvgIpc) is 2.79. The fraction of sp³-hybridized carbons (Fsp3) is 0.370. The Hall–Kier alpha value is -3.52. The molecule has 0 bridgehead atoms. The molecule has 1 aromatic heterocycles. The standard InChI is InChI=1S/C27H33ClN4O4/c1-15(12-26(5,6)25(34)35)13-36-18(4)27(7,14-33)21-17(3)31-24(32-23(21)29)22(30-8)20-11-19(28)10-9-16(20)2/h9-11,13-14H,4,12H2,1-3,5-8H3,(H,34,35)(H2,29,31,32)/b15-13+,30-22+. The molecule has 8 nitrogen and oxygen atoms in total. The molecule has 0 aliphatic heterocycles. The molecule has 1 unspecified atom stereocenters. The van der Waals surface area contributed by atoms with Crippen LogP contribution in [-0.2, 0) is 19.7 Å². The van der Waals surface area contributed by atoms with Crippen molar-refractivity contribution in [2.75, 3.05) is 12.8 Å². The zero-order valence-corrected chi connectivity index (χ0v) is 22.5. The third kappa shape index (κ3) is 5.99. The molecule has 9 heteroatoms. The molecule has 0 spiro atoms. The first-order valence-electron chi connectivity index (χ1n) is 11.3. The van der Waals surface area contributed by atoms with Gasteiger partial charge in [0.05, 0.1) is 11.7 Å². The molecule has 0 aliphatic carbocycles. The molecule has 1 atom stereocenters. The minimum absolute atomic E-state index is 0.0883. The number of nitrogens with zero attached hydrogens (tertiary/aromatic N) is 3. The summed E-state index contributed by atoms with van der Waals surface area (Å²) in [6.45, 7) is 14.2. The monoisotopic (exact) mass is 512 g/mol. The highest BCUT2D eigenvalue weighted by Crippen LogP contribution is 2.36. The highest BCUT2D eigenvalue weighted by Gasteiger charge is 2.37. The highest BCUT2D eigenvalue weighted by molar-refractivity contribution is 6.31. The van der Waals surface area contributed by atoms with Crippen molar-refractivity contribution in [2.45, 2.75) is 53.4 Å². The SMILES string of the molecule is C=C(O/C=C(\C)CC(C)(C)C(=O)O)C(C)(C=O)c1c(C)nc(/C(=N/C)c2cc(Cl)ccc2C)nc1N. The number of halogens is 1. The lowest BCUT2D eigenvalue weighted by Crippen LogP contribution is -2.31. The summed E-state index contributed by atoms with van der Waals surface area (Å²) in [5, 5.41) is 9.90. The second-order valence-corrected chi connectivity index (χ2v) is 10.1. The van der Waals surface area contributed by atoms with Crippen LogP contribution in [0.5, 0.6) is 0 Å². The van der Waals surface area contributed by atoms with Gasteiger partial charge in [-0.25, -0.2) is 9.97 Å². The number of allylic oxidation sites excluding steroid dienone is 2. The minimum atomic E-state index is -1.36. The van der Waals surface area contributed by atoms with Crippen molar-refractivity contribution in [3.63, 3.8) is 0 Å². The van der Waals surface area contributed by atoms with Crippen molar-refractivity contribution < 1.29 is 19.4 Å². The van der Waals surface area contributed by atoms with Gasteiger partial charge in [0.15, 0.2) is 5.82 Å². The number of anilines is 1. The van der Waals surface area contributed by atoms with E-state index in [2.05, 4.69) is 21.5 Å². The molecule has 0 radical (unpaired) electrons. The molecule has 0 aliphatic rings. The summed E-state index contributed by atoms with van der Waals surface area (Å²) >= 11 is 6.19. The molecule has 192 valence electrons. The number of benzene rings is 1. The van der Waals surface area contributed by atoms with Crippen LogP contribution in [0.25, 0.3) is 0 Å². The minimum Gasteiger partial charge on any atom is -0.481 e. The van der Waals surface area contributed by atoms with E-state index in [0.29, 0.717) is 39.7 Å². The topological polar surface area (TPSA) is 128 Å². The highest BCUT2D eigenvalue weighted by atomic mass is 35.5. The lowest BCUT2D eigenvalue weighted by molar-refractivity contribution is -0.146. The first-order chi connectivity index (χ1) is 16.7. The summed E-state index contributed by atoms with van der Waals surface area (Å²) in [6, 6.07) is 5.45. The molecule has 0 saturated heterocycles. The molecule has 2 rings (SSSR count). The summed E-state index contributed by atoms with van der Waals surface area (Å²) in [5.74, 6) is -0.431. The Labute approximate surface area is 217 Å². The van der Waals surface area contributed by atoms with Gasteiger partial charge in [-0.3, -0.25) is 9.79 Å². The summed E-state index contributed by atoms with van der Waals surface area (Å²) in [5.41, 5.74) is 7.76. The number of carboxylic acids is 1. The Kier molecular flexibility index (Phi) is 8.80. The number of nitrogens with two attached hydrogens (primary N) is 1. The van der Waals surface area contributed by atoms with Gasteiger partial charge in [0, 0.05) is 28.9 Å². The fourth-order valence-electron chi connectivity index (χ4n) is 3.91. The Bertz CT molecular complexity index is 1240. The van der Waals surface area contributed by atoms with Crippen molar-refractivity contribution >= 4 is 35.4 Å². The Morgan fingerprint density at radius 3 is 2.44 bits per heavy atom. The van der Waals surface area contributed by atoms with Gasteiger partial charge in [-0.05, 0) is 71.2 Å². The van der Waals surface area contributed by atoms with E-state index >= 15 is 0 Å². The molecule has 0 amide bonds. The average molecular weight is 513 g/mol. The van der Waals surface area contributed by atoms with E-state index in [1.807, 2.05) is 13.0 Å². The van der Waals surface area contributed by atoms with Gasteiger partial charge >= 0.3 is 5.97 Å². The van der Waals surface area contributed by atoms with Gasteiger partial charge in [-0.1, -0.05) is 24.2 Å². The number of ether oxygens (including phenoxy) is 1. The number of carboxylic acid groups (broad SMARTS) is 1. The van der Waals surface area contributed by atoms with Crippen molar-refractivity contribution in [1.29, 1.82) is 0 Å². The number of aromatic nitrogens is 2. The van der Waals surface area contributed by atoms with Crippen LogP contribution in [0, 0.1) is 19.3 Å². The van der Waals surface area contributed by atoms with E-state index in [4.69, 9.17) is 22.1 Å². The third-order valence-corrected chi connectivity index (χ3v) is 6.28. The second kappa shape index (κ2) is 11.0. The molecule has 1 aromatic carbocycles. The van der Waals surface area contributed by atoms with E-state index in [1.165, 1.54) is 6.26 Å². The number of rotatable bonds is 10. The first-order valence-corrected chi connectivity index (χ1v) is 11.7. The lowest BCUT2D eigenvalue weighted by atomic mass is 9.81. The van der Waals surface area contributed by atoms with Crippen LogP contribution in [-0.4, -0.2) is 40.1 Å². The van der Waals surface area contributed by atoms with Crippen LogP contribution in [0.4, 0.5) is 5.82 Å². The molecular weight excluding hydrogens is 480 g/mol. The van der Waals surface area contributed by atoms with Crippen LogP contribution >= 0.6 is 11.6 Å². The molecule has 36 heavy (non-hydrogen) atoms. The summed E-state index contributed by atoms with van der Waals surface area (Å²) < 4.78 is 5.72. The number of hydrogen-bond acceptors (Lipinski definition) is 7. The Morgan fingerprint density at radius 1 is 1.28 bits per heavy atom. The number of carbonyl (C=O) groups is 2. The van der Waals surface area contributed by atoms with Gasteiger partial charge in [-0.15, -0.1) is 0 Å². The summed E-state index contributed by atoms with van der Waals surface area (Å²) in [7, 11) is 1.63. The summed E-state index contributed by atoms with van der Waals surface area (Å²) in [6.07, 6.45) is 2.34. The number of aliphatic carboxylic acids is 1. The number of carbonyl (C=O) groups excluding carboxylic acids is 1. The molecule has 0 saturated carbocycles. The van der Waals surface area contributed by atoms with Gasteiger partial charge in [-0.2, -0.15) is 0 Å². The van der Waals surface area contributed by atoms with Crippen LogP contribution in [0.3, 0.4) is 0 Å². The van der Waals surface area contributed by atoms with Crippen molar-refractivity contribution in [1.82, 2.24) is 9.97 Å². The molecule has 1 heterocycles. The van der Waals surface area contributed by atoms with E-state index in [1.54, 1.807) is 53.8 Å². The number of aldehydes is 1. The zero-order chi connectivity index (χ0) is 27.4. The van der Waals surface area contributed by atoms with Gasteiger partial charge < -0.3 is 20.4 Å². The predicted molar refractivity (Wildman–Crippen MR) is 142 cm³/mol. The van der Waals surface area contributed by atoms with Gasteiger partial charge in [0.2, 0.25) is 0 Å². The molecule has 0 fully saturated rings. The number of nitrogen functional groups attached to an aromatic ring is 1. The zero-order valence-electron chi connectivity index (χ0n) is 21.8. The molecule has 2 aromatic rings. The van der Waals surface area contributed by atoms with Crippen molar-refractivity contribution in [3.05, 3.63) is 75.6 Å². The van der Waals surface area contributed by atoms with E-state index in [9.17, 15) is 14.7 Å². The largest absolute Gasteiger partial charge is 0.481 e. The summed E-state index contributed by atoms with van der Waals surface area (Å²) in [4.78, 5) is 37.2. The van der Waals surface area contributed by atoms with Crippen LogP contribution in [0.1, 0.15) is 62.3 Å². The van der Waals surface area contributed by atoms with Crippen molar-refractivity contribution in [2.24, 2.45) is 10.4 Å². The smallest absolute Gasteiger partial charge is 0.309 e. The Morgan fingerprint density at radius 2 is 1.92 bits per heavy atom. The predicted octanol–water partition coefficient (Wildman–Crippen LogP) is 5.19. The Balaban J connectivity index is 2.46. The molecule has 3 N–H and O–H groups in total. The first kappa shape index (κ1) is 28.7. The van der Waals surface area contributed by atoms with Crippen molar-refractivity contribution in [3.8, 4) is 0 Å². The normalized spacial score (nSPS) is 14.2. The van der Waals surface area contributed by atoms with E-state index < -0.39 is 16.8 Å². The maximum absolute atomic E-state index is 12.3. The number of aryl methyl sites for hydroxylation is 2. The number of aliphatic imine (C=N–C) groups is 1. The maximum atomic E-state index is 12.3. The van der Waals surface area contributed by atoms with Gasteiger partial charge in [0.1, 0.15) is 29.0 Å². The van der Waals surface area contributed by atoms with E-state index in [-0.39, 0.29) is 18.0 Å². The van der Waals surface area contributed by atoms with Gasteiger partial charge in [0.25, 0.3) is 0 Å². The maximum Gasteiger partial charge on any atom is 0.309 e. The quantitative estimate of drug-likeness (QED) is 0.255. The fourth-order valence-corrected chi connectivity index (χ4v) is 4.08. The van der Waals surface area contributed by atoms with E-state index in [0.717, 1.165) is 11.1 Å². The third-order valence-electron chi connectivity index (χ3n) is 6.04. The van der Waals surface area contributed by atoms with Crippen LogP contribution in [0.15, 0.2) is 47.4 Å². The van der Waals surface area contributed by atoms with Crippen LogP contribution in [0.2, 0.25) is 5.02 Å². The second-order valence-electron chi connectivity index (χ2n) is 9.62. The number of hydrogen-bond donors (Lipinski definition) is 2. The molecular formula is C27H33ClN4O4. The van der Waals surface area contributed by atoms with Crippen LogP contribution < -0.4 is 5.73 Å².